The number of esters is 1. The summed E-state index contributed by atoms with van der Waals surface area (Å²) < 4.78 is 6.48. The van der Waals surface area contributed by atoms with Crippen molar-refractivity contribution in [2.75, 3.05) is 12.4 Å². The Labute approximate surface area is 194 Å². The zero-order valence-electron chi connectivity index (χ0n) is 18.3. The van der Waals surface area contributed by atoms with Crippen LogP contribution in [-0.2, 0) is 29.4 Å². The molecule has 0 spiro atoms. The minimum atomic E-state index is -0.526. The van der Waals surface area contributed by atoms with Crippen LogP contribution in [0.4, 0.5) is 5.00 Å². The second kappa shape index (κ2) is 9.46. The Morgan fingerprint density at radius 2 is 1.97 bits per heavy atom. The quantitative estimate of drug-likeness (QED) is 0.260. The van der Waals surface area contributed by atoms with Crippen molar-refractivity contribution >= 4 is 50.9 Å². The fraction of sp³-hybridized carbons (Fsp3) is 0.391. The number of fused-ring (bicyclic) bond motifs is 2. The number of hydrogen-bond acceptors (Lipinski definition) is 7. The van der Waals surface area contributed by atoms with Gasteiger partial charge in [-0.15, -0.1) is 11.3 Å². The van der Waals surface area contributed by atoms with Gasteiger partial charge in [0.25, 0.3) is 5.56 Å². The molecule has 0 aliphatic heterocycles. The van der Waals surface area contributed by atoms with E-state index in [1.807, 2.05) is 6.07 Å². The molecule has 2 heterocycles. The molecule has 0 saturated heterocycles. The van der Waals surface area contributed by atoms with Gasteiger partial charge in [0.2, 0.25) is 5.91 Å². The lowest BCUT2D eigenvalue weighted by atomic mass is 10.1. The van der Waals surface area contributed by atoms with E-state index in [1.54, 1.807) is 32.2 Å². The van der Waals surface area contributed by atoms with Gasteiger partial charge in [-0.1, -0.05) is 30.3 Å². The first-order chi connectivity index (χ1) is 15.4. The third-order valence-electron chi connectivity index (χ3n) is 5.64. The molecular formula is C23H25N3O4S2. The summed E-state index contributed by atoms with van der Waals surface area (Å²) in [4.78, 5) is 43.9. The maximum Gasteiger partial charge on any atom is 0.341 e. The van der Waals surface area contributed by atoms with Crippen LogP contribution in [0.15, 0.2) is 34.2 Å². The first-order valence-electron chi connectivity index (χ1n) is 10.6. The third kappa shape index (κ3) is 4.31. The highest BCUT2D eigenvalue weighted by atomic mass is 32.2. The molecule has 7 nitrogen and oxygen atoms in total. The van der Waals surface area contributed by atoms with Gasteiger partial charge in [-0.25, -0.2) is 9.78 Å². The number of carbonyl (C=O) groups excluding carboxylic acids is 2. The zero-order valence-corrected chi connectivity index (χ0v) is 19.9. The summed E-state index contributed by atoms with van der Waals surface area (Å²) in [6.45, 7) is 1.76. The van der Waals surface area contributed by atoms with E-state index in [1.165, 1.54) is 34.8 Å². The summed E-state index contributed by atoms with van der Waals surface area (Å²) in [5, 5.41) is 3.96. The van der Waals surface area contributed by atoms with Gasteiger partial charge in [-0.05, 0) is 50.3 Å². The molecule has 0 fully saturated rings. The van der Waals surface area contributed by atoms with Gasteiger partial charge in [0.1, 0.15) is 5.00 Å². The van der Waals surface area contributed by atoms with Crippen LogP contribution in [0.1, 0.15) is 47.0 Å². The van der Waals surface area contributed by atoms with Gasteiger partial charge < -0.3 is 10.1 Å². The second-order valence-electron chi connectivity index (χ2n) is 7.79. The Hall–Kier alpha value is -2.65. The molecule has 1 amide bonds. The fourth-order valence-electron chi connectivity index (χ4n) is 3.88. The zero-order chi connectivity index (χ0) is 22.8. The smallest absolute Gasteiger partial charge is 0.341 e. The number of amides is 1. The number of methoxy groups -OCH3 is 1. The number of thioether (sulfide) groups is 1. The monoisotopic (exact) mass is 471 g/mol. The number of nitrogens with zero attached hydrogens (tertiary/aromatic N) is 2. The molecule has 2 aromatic heterocycles. The van der Waals surface area contributed by atoms with E-state index in [9.17, 15) is 14.4 Å². The number of ether oxygens (including phenoxy) is 1. The van der Waals surface area contributed by atoms with Crippen LogP contribution >= 0.6 is 23.1 Å². The summed E-state index contributed by atoms with van der Waals surface area (Å²) in [6.07, 6.45) is 4.96. The van der Waals surface area contributed by atoms with Gasteiger partial charge in [-0.2, -0.15) is 0 Å². The number of thiophene rings is 1. The highest BCUT2D eigenvalue weighted by molar-refractivity contribution is 8.00. The number of anilines is 1. The number of hydrogen-bond donors (Lipinski definition) is 1. The predicted molar refractivity (Wildman–Crippen MR) is 128 cm³/mol. The number of para-hydroxylation sites is 1. The molecule has 3 aromatic rings. The number of rotatable bonds is 5. The summed E-state index contributed by atoms with van der Waals surface area (Å²) in [5.41, 5.74) is 1.94. The van der Waals surface area contributed by atoms with E-state index in [4.69, 9.17) is 4.74 Å². The standard InChI is InChI=1S/C23H25N3O4S2/c1-13(31-23-24-16-11-8-7-9-14(16)21(28)26(23)2)19(27)25-20-18(22(29)30-3)15-10-5-4-6-12-17(15)32-20/h7-9,11,13H,4-6,10,12H2,1-3H3,(H,25,27). The molecule has 1 aliphatic carbocycles. The van der Waals surface area contributed by atoms with E-state index in [0.29, 0.717) is 26.6 Å². The Bertz CT molecular complexity index is 1250. The van der Waals surface area contributed by atoms with Gasteiger partial charge >= 0.3 is 5.97 Å². The summed E-state index contributed by atoms with van der Waals surface area (Å²) in [6, 6.07) is 7.15. The van der Waals surface area contributed by atoms with Crippen LogP contribution in [0.5, 0.6) is 0 Å². The van der Waals surface area contributed by atoms with Gasteiger partial charge in [0.15, 0.2) is 5.16 Å². The van der Waals surface area contributed by atoms with Crippen molar-refractivity contribution in [3.63, 3.8) is 0 Å². The molecule has 1 N–H and O–H groups in total. The van der Waals surface area contributed by atoms with Crippen LogP contribution in [-0.4, -0.2) is 33.8 Å². The molecule has 1 aromatic carbocycles. The van der Waals surface area contributed by atoms with Crippen LogP contribution < -0.4 is 10.9 Å². The molecule has 168 valence electrons. The van der Waals surface area contributed by atoms with Gasteiger partial charge in [0.05, 0.1) is 28.8 Å². The molecule has 0 saturated carbocycles. The number of carbonyl (C=O) groups is 2. The minimum absolute atomic E-state index is 0.152. The normalized spacial score (nSPS) is 14.5. The van der Waals surface area contributed by atoms with Gasteiger partial charge in [0, 0.05) is 11.9 Å². The topological polar surface area (TPSA) is 90.3 Å². The first-order valence-corrected chi connectivity index (χ1v) is 12.3. The molecule has 0 radical (unpaired) electrons. The van der Waals surface area contributed by atoms with E-state index in [-0.39, 0.29) is 11.5 Å². The highest BCUT2D eigenvalue weighted by Gasteiger charge is 2.28. The first kappa shape index (κ1) is 22.5. The Kier molecular flexibility index (Phi) is 6.66. The summed E-state index contributed by atoms with van der Waals surface area (Å²) in [5.74, 6) is -0.669. The lowest BCUT2D eigenvalue weighted by Gasteiger charge is -2.14. The maximum atomic E-state index is 13.0. The van der Waals surface area contributed by atoms with Crippen molar-refractivity contribution in [2.24, 2.45) is 7.05 Å². The van der Waals surface area contributed by atoms with E-state index < -0.39 is 11.2 Å². The van der Waals surface area contributed by atoms with Crippen molar-refractivity contribution in [1.29, 1.82) is 0 Å². The molecule has 1 atom stereocenters. The maximum absolute atomic E-state index is 13.0. The van der Waals surface area contributed by atoms with Crippen molar-refractivity contribution in [1.82, 2.24) is 9.55 Å². The van der Waals surface area contributed by atoms with Crippen molar-refractivity contribution in [3.05, 3.63) is 50.6 Å². The lowest BCUT2D eigenvalue weighted by Crippen LogP contribution is -2.26. The van der Waals surface area contributed by atoms with Gasteiger partial charge in [-0.3, -0.25) is 14.2 Å². The molecule has 32 heavy (non-hydrogen) atoms. The highest BCUT2D eigenvalue weighted by Crippen LogP contribution is 2.38. The number of benzene rings is 1. The van der Waals surface area contributed by atoms with Crippen LogP contribution in [0.2, 0.25) is 0 Å². The van der Waals surface area contributed by atoms with Crippen LogP contribution in [0.25, 0.3) is 10.9 Å². The van der Waals surface area contributed by atoms with E-state index >= 15 is 0 Å². The van der Waals surface area contributed by atoms with E-state index in [0.717, 1.165) is 42.5 Å². The Morgan fingerprint density at radius 1 is 1.22 bits per heavy atom. The number of aryl methyl sites for hydroxylation is 1. The SMILES string of the molecule is COC(=O)c1c(NC(=O)C(C)Sc2nc3ccccc3c(=O)n2C)sc2c1CCCCC2. The molecular weight excluding hydrogens is 446 g/mol. The molecule has 1 unspecified atom stereocenters. The average molecular weight is 472 g/mol. The van der Waals surface area contributed by atoms with E-state index in [2.05, 4.69) is 10.3 Å². The van der Waals surface area contributed by atoms with Crippen molar-refractivity contribution in [3.8, 4) is 0 Å². The van der Waals surface area contributed by atoms with Crippen LogP contribution in [0, 0.1) is 0 Å². The largest absolute Gasteiger partial charge is 0.465 e. The Morgan fingerprint density at radius 3 is 2.75 bits per heavy atom. The van der Waals surface area contributed by atoms with Crippen molar-refractivity contribution < 1.29 is 14.3 Å². The summed E-state index contributed by atoms with van der Waals surface area (Å²) in [7, 11) is 3.01. The lowest BCUT2D eigenvalue weighted by molar-refractivity contribution is -0.115. The fourth-order valence-corrected chi connectivity index (χ4v) is 6.03. The molecule has 1 aliphatic rings. The molecule has 4 rings (SSSR count). The molecule has 9 heteroatoms. The Balaban J connectivity index is 1.59. The van der Waals surface area contributed by atoms with Crippen molar-refractivity contribution in [2.45, 2.75) is 49.4 Å². The second-order valence-corrected chi connectivity index (χ2v) is 10.2. The molecule has 0 bridgehead atoms. The average Bonchev–Trinajstić information content (AvgIpc) is 2.96. The van der Waals surface area contributed by atoms with Crippen LogP contribution in [0.3, 0.4) is 0 Å². The number of aromatic nitrogens is 2. The predicted octanol–water partition coefficient (Wildman–Crippen LogP) is 4.17. The number of nitrogens with one attached hydrogen (secondary N) is 1. The third-order valence-corrected chi connectivity index (χ3v) is 7.99. The summed E-state index contributed by atoms with van der Waals surface area (Å²) >= 11 is 2.68. The minimum Gasteiger partial charge on any atom is -0.465 e.